The van der Waals surface area contributed by atoms with Crippen LogP contribution in [0.5, 0.6) is 0 Å². The van der Waals surface area contributed by atoms with E-state index in [1.807, 2.05) is 13.8 Å². The van der Waals surface area contributed by atoms with Gasteiger partial charge in [-0.15, -0.1) is 0 Å². The molecule has 20 heavy (non-hydrogen) atoms. The molecule has 0 saturated heterocycles. The Morgan fingerprint density at radius 1 is 1.45 bits per heavy atom. The van der Waals surface area contributed by atoms with Crippen LogP contribution in [0, 0.1) is 11.2 Å². The van der Waals surface area contributed by atoms with Gasteiger partial charge in [0.05, 0.1) is 15.4 Å². The molecule has 3 N–H and O–H groups in total. The molecular weight excluding hydrogens is 299 g/mol. The van der Waals surface area contributed by atoms with Crippen molar-refractivity contribution in [3.05, 3.63) is 34.6 Å². The maximum Gasteiger partial charge on any atom is 0.233 e. The summed E-state index contributed by atoms with van der Waals surface area (Å²) in [5, 5.41) is 2.81. The van der Waals surface area contributed by atoms with Crippen LogP contribution in [0.25, 0.3) is 0 Å². The Morgan fingerprint density at radius 3 is 2.50 bits per heavy atom. The maximum atomic E-state index is 13.0. The van der Waals surface area contributed by atoms with Gasteiger partial charge in [-0.3, -0.25) is 4.79 Å². The second kappa shape index (κ2) is 6.99. The first-order chi connectivity index (χ1) is 9.37. The number of benzene rings is 1. The zero-order valence-corrected chi connectivity index (χ0v) is 13.1. The predicted molar refractivity (Wildman–Crippen MR) is 83.1 cm³/mol. The second-order valence-corrected chi connectivity index (χ2v) is 5.43. The fourth-order valence-corrected chi connectivity index (χ4v) is 2.62. The second-order valence-electron chi connectivity index (χ2n) is 4.58. The monoisotopic (exact) mass is 316 g/mol. The number of nitrogens with two attached hydrogens (primary N) is 1. The highest BCUT2D eigenvalue weighted by molar-refractivity contribution is 7.80. The normalized spacial score (nSPS) is 11.2. The summed E-state index contributed by atoms with van der Waals surface area (Å²) >= 11 is 10.7. The lowest BCUT2D eigenvalue weighted by Gasteiger charge is -2.28. The van der Waals surface area contributed by atoms with Crippen LogP contribution in [0.15, 0.2) is 18.2 Å². The number of hydrogen-bond donors (Lipinski definition) is 2. The van der Waals surface area contributed by atoms with Gasteiger partial charge in [0.1, 0.15) is 5.82 Å². The molecule has 1 aromatic carbocycles. The Kier molecular flexibility index (Phi) is 5.89. The molecule has 0 spiro atoms. The summed E-state index contributed by atoms with van der Waals surface area (Å²) in [6.07, 6.45) is 1.07. The highest BCUT2D eigenvalue weighted by Crippen LogP contribution is 2.27. The quantitative estimate of drug-likeness (QED) is 0.792. The Morgan fingerprint density at radius 2 is 2.05 bits per heavy atom. The SMILES string of the molecule is CCC(CC)(C(=O)NCc1ccc(F)c(Cl)c1)C(N)=S. The van der Waals surface area contributed by atoms with Gasteiger partial charge in [-0.05, 0) is 30.5 Å². The molecule has 0 aromatic heterocycles. The lowest BCUT2D eigenvalue weighted by molar-refractivity contribution is -0.128. The van der Waals surface area contributed by atoms with E-state index in [1.165, 1.54) is 12.1 Å². The van der Waals surface area contributed by atoms with Crippen molar-refractivity contribution in [2.24, 2.45) is 11.1 Å². The van der Waals surface area contributed by atoms with Crippen LogP contribution in [0.2, 0.25) is 5.02 Å². The summed E-state index contributed by atoms with van der Waals surface area (Å²) in [6.45, 7) is 4.00. The zero-order chi connectivity index (χ0) is 15.3. The van der Waals surface area contributed by atoms with Crippen LogP contribution in [0.3, 0.4) is 0 Å². The van der Waals surface area contributed by atoms with Gasteiger partial charge < -0.3 is 11.1 Å². The molecule has 1 amide bonds. The van der Waals surface area contributed by atoms with E-state index >= 15 is 0 Å². The summed E-state index contributed by atoms with van der Waals surface area (Å²) in [6, 6.07) is 4.32. The van der Waals surface area contributed by atoms with E-state index in [0.29, 0.717) is 18.4 Å². The van der Waals surface area contributed by atoms with E-state index < -0.39 is 11.2 Å². The molecule has 6 heteroatoms. The molecule has 0 bridgehead atoms. The smallest absolute Gasteiger partial charge is 0.233 e. The third-order valence-electron chi connectivity index (χ3n) is 3.55. The summed E-state index contributed by atoms with van der Waals surface area (Å²) in [4.78, 5) is 12.5. The number of carbonyl (C=O) groups excluding carboxylic acids is 1. The lowest BCUT2D eigenvalue weighted by atomic mass is 9.81. The van der Waals surface area contributed by atoms with E-state index in [-0.39, 0.29) is 22.5 Å². The van der Waals surface area contributed by atoms with Crippen LogP contribution in [0.1, 0.15) is 32.3 Å². The number of carbonyl (C=O) groups is 1. The summed E-state index contributed by atoms with van der Waals surface area (Å²) in [5.74, 6) is -0.697. The largest absolute Gasteiger partial charge is 0.392 e. The summed E-state index contributed by atoms with van der Waals surface area (Å²) < 4.78 is 13.0. The minimum absolute atomic E-state index is 0.0309. The number of nitrogens with one attached hydrogen (secondary N) is 1. The first-order valence-electron chi connectivity index (χ1n) is 6.39. The van der Waals surface area contributed by atoms with Gasteiger partial charge in [0, 0.05) is 6.54 Å². The highest BCUT2D eigenvalue weighted by atomic mass is 35.5. The number of hydrogen-bond acceptors (Lipinski definition) is 2. The van der Waals surface area contributed by atoms with Crippen LogP contribution in [0.4, 0.5) is 4.39 Å². The molecular formula is C14H18ClFN2OS. The molecule has 1 rings (SSSR count). The molecule has 0 aliphatic heterocycles. The van der Waals surface area contributed by atoms with E-state index in [9.17, 15) is 9.18 Å². The standard InChI is InChI=1S/C14H18ClFN2OS/c1-3-14(4-2,12(17)20)13(19)18-8-9-5-6-11(16)10(15)7-9/h5-7H,3-4,8H2,1-2H3,(H2,17,20)(H,18,19). The highest BCUT2D eigenvalue weighted by Gasteiger charge is 2.37. The van der Waals surface area contributed by atoms with Crippen LogP contribution < -0.4 is 11.1 Å². The molecule has 0 aliphatic rings. The van der Waals surface area contributed by atoms with Gasteiger partial charge in [-0.1, -0.05) is 43.7 Å². The number of halogens is 2. The molecule has 0 radical (unpaired) electrons. The van der Waals surface area contributed by atoms with Crippen molar-refractivity contribution in [2.45, 2.75) is 33.2 Å². The fourth-order valence-electron chi connectivity index (χ4n) is 2.03. The molecule has 0 atom stereocenters. The van der Waals surface area contributed by atoms with Gasteiger partial charge in [-0.25, -0.2) is 4.39 Å². The van der Waals surface area contributed by atoms with Crippen molar-refractivity contribution in [3.63, 3.8) is 0 Å². The molecule has 0 heterocycles. The van der Waals surface area contributed by atoms with Gasteiger partial charge in [0.15, 0.2) is 0 Å². The van der Waals surface area contributed by atoms with Crippen molar-refractivity contribution in [1.82, 2.24) is 5.32 Å². The van der Waals surface area contributed by atoms with Crippen LogP contribution in [-0.2, 0) is 11.3 Å². The minimum atomic E-state index is -0.834. The van der Waals surface area contributed by atoms with E-state index in [2.05, 4.69) is 5.32 Å². The average Bonchev–Trinajstić information content (AvgIpc) is 2.41. The Labute approximate surface area is 128 Å². The first kappa shape index (κ1) is 16.9. The van der Waals surface area contributed by atoms with Crippen LogP contribution >= 0.6 is 23.8 Å². The lowest BCUT2D eigenvalue weighted by Crippen LogP contribution is -2.48. The molecule has 0 unspecified atom stereocenters. The zero-order valence-electron chi connectivity index (χ0n) is 11.5. The predicted octanol–water partition coefficient (Wildman–Crippen LogP) is 3.19. The van der Waals surface area contributed by atoms with Gasteiger partial charge in [0.2, 0.25) is 5.91 Å². The third-order valence-corrected chi connectivity index (χ3v) is 4.23. The number of amides is 1. The maximum absolute atomic E-state index is 13.0. The summed E-state index contributed by atoms with van der Waals surface area (Å²) in [5.41, 5.74) is 5.59. The van der Waals surface area contributed by atoms with Crippen molar-refractivity contribution < 1.29 is 9.18 Å². The van der Waals surface area contributed by atoms with Crippen molar-refractivity contribution in [1.29, 1.82) is 0 Å². The van der Waals surface area contributed by atoms with Crippen molar-refractivity contribution >= 4 is 34.7 Å². The molecule has 0 aliphatic carbocycles. The Balaban J connectivity index is 2.80. The molecule has 1 aromatic rings. The third kappa shape index (κ3) is 3.46. The molecule has 110 valence electrons. The Hall–Kier alpha value is -1.20. The topological polar surface area (TPSA) is 55.1 Å². The molecule has 3 nitrogen and oxygen atoms in total. The average molecular weight is 317 g/mol. The van der Waals surface area contributed by atoms with E-state index in [0.717, 1.165) is 0 Å². The van der Waals surface area contributed by atoms with E-state index in [4.69, 9.17) is 29.6 Å². The van der Waals surface area contributed by atoms with Gasteiger partial charge in [-0.2, -0.15) is 0 Å². The Bertz CT molecular complexity index is 518. The van der Waals surface area contributed by atoms with Crippen molar-refractivity contribution in [2.75, 3.05) is 0 Å². The number of rotatable bonds is 6. The number of thiocarbonyl (C=S) groups is 1. The molecule has 0 fully saturated rings. The first-order valence-corrected chi connectivity index (χ1v) is 7.18. The van der Waals surface area contributed by atoms with Crippen LogP contribution in [-0.4, -0.2) is 10.9 Å². The van der Waals surface area contributed by atoms with Crippen molar-refractivity contribution in [3.8, 4) is 0 Å². The van der Waals surface area contributed by atoms with Gasteiger partial charge in [0.25, 0.3) is 0 Å². The van der Waals surface area contributed by atoms with Gasteiger partial charge >= 0.3 is 0 Å². The molecule has 0 saturated carbocycles. The summed E-state index contributed by atoms with van der Waals surface area (Å²) in [7, 11) is 0. The van der Waals surface area contributed by atoms with E-state index in [1.54, 1.807) is 6.07 Å². The fraction of sp³-hybridized carbons (Fsp3) is 0.429. The minimum Gasteiger partial charge on any atom is -0.392 e.